The van der Waals surface area contributed by atoms with Gasteiger partial charge in [0.25, 0.3) is 0 Å². The summed E-state index contributed by atoms with van der Waals surface area (Å²) in [4.78, 5) is 12.0. The highest BCUT2D eigenvalue weighted by atomic mass is 16.5. The van der Waals surface area contributed by atoms with E-state index in [0.717, 1.165) is 16.6 Å². The van der Waals surface area contributed by atoms with Crippen LogP contribution in [-0.4, -0.2) is 27.1 Å². The van der Waals surface area contributed by atoms with E-state index in [9.17, 15) is 4.79 Å². The van der Waals surface area contributed by atoms with Crippen LogP contribution in [0.1, 0.15) is 29.8 Å². The van der Waals surface area contributed by atoms with Crippen molar-refractivity contribution in [2.24, 2.45) is 0 Å². The Morgan fingerprint density at radius 1 is 1.18 bits per heavy atom. The third-order valence-electron chi connectivity index (χ3n) is 3.26. The number of aromatic nitrogens is 3. The second kappa shape index (κ2) is 5.97. The Morgan fingerprint density at radius 3 is 2.82 bits per heavy atom. The molecule has 0 radical (unpaired) electrons. The molecule has 0 aliphatic carbocycles. The average molecular weight is 295 g/mol. The quantitative estimate of drug-likeness (QED) is 0.694. The minimum absolute atomic E-state index is 0.129. The number of hydrogen-bond acceptors (Lipinski definition) is 4. The van der Waals surface area contributed by atoms with Gasteiger partial charge < -0.3 is 4.74 Å². The fourth-order valence-electron chi connectivity index (χ4n) is 2.29. The second-order valence-electron chi connectivity index (χ2n) is 5.39. The molecule has 3 rings (SSSR count). The molecule has 0 spiro atoms. The van der Waals surface area contributed by atoms with Crippen LogP contribution in [0.3, 0.4) is 0 Å². The summed E-state index contributed by atoms with van der Waals surface area (Å²) in [5.41, 5.74) is 3.36. The number of benzene rings is 2. The molecule has 0 saturated carbocycles. The molecule has 1 aromatic heterocycles. The highest BCUT2D eigenvalue weighted by molar-refractivity contribution is 5.89. The lowest BCUT2D eigenvalue weighted by Crippen LogP contribution is -2.12. The first-order chi connectivity index (χ1) is 10.6. The van der Waals surface area contributed by atoms with Crippen LogP contribution < -0.4 is 0 Å². The highest BCUT2D eigenvalue weighted by Crippen LogP contribution is 2.14. The van der Waals surface area contributed by atoms with Gasteiger partial charge >= 0.3 is 5.97 Å². The van der Waals surface area contributed by atoms with E-state index in [1.165, 1.54) is 0 Å². The van der Waals surface area contributed by atoms with Crippen molar-refractivity contribution in [1.29, 1.82) is 0 Å². The SMILES string of the molecule is CC(C)OC(=O)c1cccc(Cn2nnc3ccccc32)c1. The fourth-order valence-corrected chi connectivity index (χ4v) is 2.29. The van der Waals surface area contributed by atoms with Gasteiger partial charge in [-0.05, 0) is 43.7 Å². The molecule has 0 atom stereocenters. The van der Waals surface area contributed by atoms with Gasteiger partial charge in [0.05, 0.1) is 23.7 Å². The molecule has 3 aromatic rings. The molecule has 0 saturated heterocycles. The fraction of sp³-hybridized carbons (Fsp3) is 0.235. The number of carbonyl (C=O) groups is 1. The maximum absolute atomic E-state index is 12.0. The average Bonchev–Trinajstić information content (AvgIpc) is 2.90. The summed E-state index contributed by atoms with van der Waals surface area (Å²) in [5.74, 6) is -0.305. The highest BCUT2D eigenvalue weighted by Gasteiger charge is 2.10. The summed E-state index contributed by atoms with van der Waals surface area (Å²) in [6, 6.07) is 15.2. The normalized spacial score (nSPS) is 11.0. The first-order valence-electron chi connectivity index (χ1n) is 7.21. The molecule has 0 aliphatic heterocycles. The summed E-state index contributed by atoms with van der Waals surface area (Å²) in [5, 5.41) is 8.30. The van der Waals surface area contributed by atoms with Crippen LogP contribution >= 0.6 is 0 Å². The van der Waals surface area contributed by atoms with Gasteiger partial charge in [0.2, 0.25) is 0 Å². The van der Waals surface area contributed by atoms with Crippen molar-refractivity contribution in [3.8, 4) is 0 Å². The van der Waals surface area contributed by atoms with Crippen LogP contribution in [-0.2, 0) is 11.3 Å². The zero-order valence-corrected chi connectivity index (χ0v) is 12.6. The molecule has 5 nitrogen and oxygen atoms in total. The lowest BCUT2D eigenvalue weighted by atomic mass is 10.1. The number of hydrogen-bond donors (Lipinski definition) is 0. The zero-order valence-electron chi connectivity index (χ0n) is 12.6. The van der Waals surface area contributed by atoms with E-state index < -0.39 is 0 Å². The van der Waals surface area contributed by atoms with Crippen molar-refractivity contribution in [1.82, 2.24) is 15.0 Å². The van der Waals surface area contributed by atoms with Gasteiger partial charge in [-0.3, -0.25) is 0 Å². The number of rotatable bonds is 4. The molecule has 0 unspecified atom stereocenters. The molecule has 0 bridgehead atoms. The molecule has 1 heterocycles. The van der Waals surface area contributed by atoms with Crippen LogP contribution in [0.2, 0.25) is 0 Å². The first-order valence-corrected chi connectivity index (χ1v) is 7.21. The van der Waals surface area contributed by atoms with Gasteiger partial charge in [0, 0.05) is 0 Å². The molecule has 2 aromatic carbocycles. The minimum atomic E-state index is -0.305. The van der Waals surface area contributed by atoms with Crippen LogP contribution in [0.25, 0.3) is 11.0 Å². The maximum Gasteiger partial charge on any atom is 0.338 e. The van der Waals surface area contributed by atoms with Crippen LogP contribution in [0.4, 0.5) is 0 Å². The van der Waals surface area contributed by atoms with Crippen molar-refractivity contribution in [3.63, 3.8) is 0 Å². The molecule has 0 amide bonds. The van der Waals surface area contributed by atoms with E-state index in [1.807, 2.05) is 61.0 Å². The lowest BCUT2D eigenvalue weighted by molar-refractivity contribution is 0.0378. The number of para-hydroxylation sites is 1. The Bertz CT molecular complexity index is 808. The van der Waals surface area contributed by atoms with Gasteiger partial charge in [0.15, 0.2) is 0 Å². The van der Waals surface area contributed by atoms with Gasteiger partial charge in [0.1, 0.15) is 5.52 Å². The smallest absolute Gasteiger partial charge is 0.338 e. The Hall–Kier alpha value is -2.69. The Balaban J connectivity index is 1.85. The number of ether oxygens (including phenoxy) is 1. The van der Waals surface area contributed by atoms with Gasteiger partial charge in [-0.1, -0.05) is 29.5 Å². The van der Waals surface area contributed by atoms with Crippen molar-refractivity contribution in [3.05, 3.63) is 59.7 Å². The molecule has 0 fully saturated rings. The number of carbonyl (C=O) groups excluding carboxylic acids is 1. The van der Waals surface area contributed by atoms with E-state index in [-0.39, 0.29) is 12.1 Å². The summed E-state index contributed by atoms with van der Waals surface area (Å²) >= 11 is 0. The van der Waals surface area contributed by atoms with Crippen LogP contribution in [0, 0.1) is 0 Å². The molecule has 112 valence electrons. The predicted octanol–water partition coefficient (Wildman–Crippen LogP) is 3.04. The lowest BCUT2D eigenvalue weighted by Gasteiger charge is -2.09. The Morgan fingerprint density at radius 2 is 2.00 bits per heavy atom. The van der Waals surface area contributed by atoms with Gasteiger partial charge in [-0.25, -0.2) is 9.48 Å². The largest absolute Gasteiger partial charge is 0.459 e. The van der Waals surface area contributed by atoms with E-state index >= 15 is 0 Å². The van der Waals surface area contributed by atoms with Crippen LogP contribution in [0.15, 0.2) is 48.5 Å². The number of fused-ring (bicyclic) bond motifs is 1. The summed E-state index contributed by atoms with van der Waals surface area (Å²) in [7, 11) is 0. The minimum Gasteiger partial charge on any atom is -0.459 e. The molecule has 5 heteroatoms. The van der Waals surface area contributed by atoms with Gasteiger partial charge in [-0.2, -0.15) is 0 Å². The van der Waals surface area contributed by atoms with E-state index in [0.29, 0.717) is 12.1 Å². The topological polar surface area (TPSA) is 57.0 Å². The van der Waals surface area contributed by atoms with E-state index in [4.69, 9.17) is 4.74 Å². The van der Waals surface area contributed by atoms with E-state index in [1.54, 1.807) is 6.07 Å². The van der Waals surface area contributed by atoms with E-state index in [2.05, 4.69) is 10.3 Å². The van der Waals surface area contributed by atoms with Crippen molar-refractivity contribution in [2.75, 3.05) is 0 Å². The Labute approximate surface area is 128 Å². The van der Waals surface area contributed by atoms with Crippen LogP contribution in [0.5, 0.6) is 0 Å². The third kappa shape index (κ3) is 2.98. The number of esters is 1. The summed E-state index contributed by atoms with van der Waals surface area (Å²) in [6.07, 6.45) is -0.129. The summed E-state index contributed by atoms with van der Waals surface area (Å²) in [6.45, 7) is 4.23. The number of nitrogens with zero attached hydrogens (tertiary/aromatic N) is 3. The van der Waals surface area contributed by atoms with Crippen molar-refractivity contribution >= 4 is 17.0 Å². The molecular weight excluding hydrogens is 278 g/mol. The maximum atomic E-state index is 12.0. The van der Waals surface area contributed by atoms with Crippen molar-refractivity contribution < 1.29 is 9.53 Å². The molecule has 0 aliphatic rings. The summed E-state index contributed by atoms with van der Waals surface area (Å²) < 4.78 is 7.04. The standard InChI is InChI=1S/C17H17N3O2/c1-12(2)22-17(21)14-7-5-6-13(10-14)11-20-16-9-4-3-8-15(16)18-19-20/h3-10,12H,11H2,1-2H3. The molecule has 0 N–H and O–H groups in total. The zero-order chi connectivity index (χ0) is 15.5. The second-order valence-corrected chi connectivity index (χ2v) is 5.39. The molecule has 22 heavy (non-hydrogen) atoms. The predicted molar refractivity (Wildman–Crippen MR) is 83.6 cm³/mol. The monoisotopic (exact) mass is 295 g/mol. The van der Waals surface area contributed by atoms with Gasteiger partial charge in [-0.15, -0.1) is 5.10 Å². The van der Waals surface area contributed by atoms with Crippen molar-refractivity contribution in [2.45, 2.75) is 26.5 Å². The molecular formula is C17H17N3O2. The Kier molecular flexibility index (Phi) is 3.87. The third-order valence-corrected chi connectivity index (χ3v) is 3.26. The first kappa shape index (κ1) is 14.3.